The molecular formula is C10H11ClN4O2S. The van der Waals surface area contributed by atoms with Crippen LogP contribution in [0.4, 0.5) is 0 Å². The molecule has 0 atom stereocenters. The number of halogens is 1. The fourth-order valence-corrected chi connectivity index (χ4v) is 2.12. The lowest BCUT2D eigenvalue weighted by Crippen LogP contribution is -2.04. The zero-order valence-electron chi connectivity index (χ0n) is 9.83. The zero-order chi connectivity index (χ0) is 13.3. The van der Waals surface area contributed by atoms with Crippen molar-refractivity contribution in [3.05, 3.63) is 29.8 Å². The van der Waals surface area contributed by atoms with Crippen LogP contribution in [0.2, 0.25) is 0 Å². The Morgan fingerprint density at radius 1 is 1.39 bits per heavy atom. The van der Waals surface area contributed by atoms with Crippen molar-refractivity contribution in [1.29, 1.82) is 0 Å². The van der Waals surface area contributed by atoms with Gasteiger partial charge in [-0.1, -0.05) is 0 Å². The first-order chi connectivity index (χ1) is 8.41. The Kier molecular flexibility index (Phi) is 3.36. The van der Waals surface area contributed by atoms with Crippen molar-refractivity contribution >= 4 is 21.4 Å². The van der Waals surface area contributed by atoms with Gasteiger partial charge in [0.15, 0.2) is 9.84 Å². The molecule has 0 radical (unpaired) electrons. The zero-order valence-corrected chi connectivity index (χ0v) is 11.4. The average molecular weight is 287 g/mol. The van der Waals surface area contributed by atoms with E-state index in [0.29, 0.717) is 11.8 Å². The molecule has 0 bridgehead atoms. The van der Waals surface area contributed by atoms with E-state index in [1.54, 1.807) is 6.20 Å². The van der Waals surface area contributed by atoms with Crippen LogP contribution in [0, 0.1) is 6.92 Å². The minimum atomic E-state index is -3.27. The van der Waals surface area contributed by atoms with Crippen molar-refractivity contribution < 1.29 is 8.42 Å². The van der Waals surface area contributed by atoms with E-state index in [9.17, 15) is 8.42 Å². The third-order valence-electron chi connectivity index (χ3n) is 2.40. The summed E-state index contributed by atoms with van der Waals surface area (Å²) in [4.78, 5) is 8.44. The predicted molar refractivity (Wildman–Crippen MR) is 66.6 cm³/mol. The molecule has 2 heterocycles. The van der Waals surface area contributed by atoms with Crippen molar-refractivity contribution in [1.82, 2.24) is 19.7 Å². The first kappa shape index (κ1) is 13.0. The number of sulfone groups is 1. The van der Waals surface area contributed by atoms with Crippen LogP contribution >= 0.6 is 11.6 Å². The van der Waals surface area contributed by atoms with Gasteiger partial charge in [-0.2, -0.15) is 5.10 Å². The summed E-state index contributed by atoms with van der Waals surface area (Å²) in [5.74, 6) is 0.649. The van der Waals surface area contributed by atoms with E-state index in [2.05, 4.69) is 15.1 Å². The molecule has 0 N–H and O–H groups in total. The monoisotopic (exact) mass is 286 g/mol. The highest BCUT2D eigenvalue weighted by Crippen LogP contribution is 2.12. The third-order valence-corrected chi connectivity index (χ3v) is 3.76. The maximum atomic E-state index is 11.3. The molecule has 2 aromatic heterocycles. The number of rotatable bonds is 3. The molecule has 2 aromatic rings. The van der Waals surface area contributed by atoms with Gasteiger partial charge in [-0.15, -0.1) is 11.6 Å². The van der Waals surface area contributed by atoms with Crippen LogP contribution in [0.3, 0.4) is 0 Å². The maximum absolute atomic E-state index is 11.3. The summed E-state index contributed by atoms with van der Waals surface area (Å²) < 4.78 is 24.0. The summed E-state index contributed by atoms with van der Waals surface area (Å²) in [6.45, 7) is 1.81. The van der Waals surface area contributed by atoms with Gasteiger partial charge in [0.05, 0.1) is 18.3 Å². The molecule has 0 saturated carbocycles. The second kappa shape index (κ2) is 4.66. The highest BCUT2D eigenvalue weighted by Gasteiger charge is 2.12. The Morgan fingerprint density at radius 3 is 2.61 bits per heavy atom. The summed E-state index contributed by atoms with van der Waals surface area (Å²) in [5.41, 5.74) is 1.57. The van der Waals surface area contributed by atoms with Crippen LogP contribution in [-0.2, 0) is 15.7 Å². The fourth-order valence-electron chi connectivity index (χ4n) is 1.33. The van der Waals surface area contributed by atoms with Crippen LogP contribution in [-0.4, -0.2) is 34.4 Å². The second-order valence-electron chi connectivity index (χ2n) is 3.81. The highest BCUT2D eigenvalue weighted by molar-refractivity contribution is 7.90. The topological polar surface area (TPSA) is 77.7 Å². The molecular weight excluding hydrogens is 276 g/mol. The Bertz CT molecular complexity index is 681. The molecule has 6 nitrogen and oxygen atoms in total. The lowest BCUT2D eigenvalue weighted by Gasteiger charge is -2.03. The van der Waals surface area contributed by atoms with Gasteiger partial charge in [-0.3, -0.25) is 0 Å². The molecule has 0 fully saturated rings. The summed E-state index contributed by atoms with van der Waals surface area (Å²) in [6.07, 6.45) is 5.37. The standard InChI is InChI=1S/C10H11ClN4O2S/c1-7-8(3-11)4-12-10(14-7)15-6-9(5-13-15)18(2,16)17/h4-6H,3H2,1-2H3. The maximum Gasteiger partial charge on any atom is 0.250 e. The van der Waals surface area contributed by atoms with Gasteiger partial charge in [-0.25, -0.2) is 23.1 Å². The number of alkyl halides is 1. The van der Waals surface area contributed by atoms with E-state index < -0.39 is 9.84 Å². The molecule has 0 aliphatic carbocycles. The molecule has 0 aliphatic heterocycles. The molecule has 0 saturated heterocycles. The van der Waals surface area contributed by atoms with Gasteiger partial charge >= 0.3 is 0 Å². The predicted octanol–water partition coefficient (Wildman–Crippen LogP) is 1.11. The molecule has 0 unspecified atom stereocenters. The van der Waals surface area contributed by atoms with Crippen LogP contribution in [0.25, 0.3) is 5.95 Å². The summed E-state index contributed by atoms with van der Waals surface area (Å²) in [6, 6.07) is 0. The van der Waals surface area contributed by atoms with E-state index in [-0.39, 0.29) is 4.90 Å². The van der Waals surface area contributed by atoms with Crippen molar-refractivity contribution in [3.8, 4) is 5.95 Å². The second-order valence-corrected chi connectivity index (χ2v) is 6.09. The van der Waals surface area contributed by atoms with E-state index >= 15 is 0 Å². The number of aryl methyl sites for hydroxylation is 1. The van der Waals surface area contributed by atoms with E-state index in [1.165, 1.54) is 17.1 Å². The van der Waals surface area contributed by atoms with Crippen LogP contribution in [0.1, 0.15) is 11.3 Å². The van der Waals surface area contributed by atoms with Crippen LogP contribution in [0.15, 0.2) is 23.5 Å². The molecule has 96 valence electrons. The van der Waals surface area contributed by atoms with Crippen molar-refractivity contribution in [2.45, 2.75) is 17.7 Å². The largest absolute Gasteiger partial charge is 0.250 e. The van der Waals surface area contributed by atoms with Gasteiger partial charge in [-0.05, 0) is 6.92 Å². The summed E-state index contributed by atoms with van der Waals surface area (Å²) in [5, 5.41) is 3.93. The lowest BCUT2D eigenvalue weighted by atomic mass is 10.3. The van der Waals surface area contributed by atoms with Crippen molar-refractivity contribution in [2.75, 3.05) is 6.26 Å². The highest BCUT2D eigenvalue weighted by atomic mass is 35.5. The minimum absolute atomic E-state index is 0.130. The molecule has 8 heteroatoms. The van der Waals surface area contributed by atoms with Crippen LogP contribution in [0.5, 0.6) is 0 Å². The fraction of sp³-hybridized carbons (Fsp3) is 0.300. The van der Waals surface area contributed by atoms with Crippen molar-refractivity contribution in [3.63, 3.8) is 0 Å². The Labute approximate surface area is 110 Å². The summed E-state index contributed by atoms with van der Waals surface area (Å²) in [7, 11) is -3.27. The molecule has 0 aliphatic rings. The van der Waals surface area contributed by atoms with Gasteiger partial charge < -0.3 is 0 Å². The number of aromatic nitrogens is 4. The van der Waals surface area contributed by atoms with Crippen molar-refractivity contribution in [2.24, 2.45) is 0 Å². The summed E-state index contributed by atoms with van der Waals surface area (Å²) >= 11 is 5.71. The molecule has 0 amide bonds. The van der Waals surface area contributed by atoms with Gasteiger partial charge in [0.1, 0.15) is 4.90 Å². The smallest absolute Gasteiger partial charge is 0.224 e. The normalized spacial score (nSPS) is 11.7. The first-order valence-electron chi connectivity index (χ1n) is 5.05. The molecule has 0 spiro atoms. The van der Waals surface area contributed by atoms with Crippen LogP contribution < -0.4 is 0 Å². The SMILES string of the molecule is Cc1nc(-n2cc(S(C)(=O)=O)cn2)ncc1CCl. The first-order valence-corrected chi connectivity index (χ1v) is 7.48. The Balaban J connectivity index is 2.44. The Hall–Kier alpha value is -1.47. The third kappa shape index (κ3) is 2.51. The molecule has 18 heavy (non-hydrogen) atoms. The van der Waals surface area contributed by atoms with E-state index in [1.807, 2.05) is 6.92 Å². The lowest BCUT2D eigenvalue weighted by molar-refractivity contribution is 0.602. The molecule has 0 aromatic carbocycles. The molecule has 2 rings (SSSR count). The van der Waals surface area contributed by atoms with Gasteiger partial charge in [0.2, 0.25) is 0 Å². The minimum Gasteiger partial charge on any atom is -0.224 e. The van der Waals surface area contributed by atoms with Gasteiger partial charge in [0.25, 0.3) is 5.95 Å². The average Bonchev–Trinajstić information content (AvgIpc) is 2.77. The number of nitrogens with zero attached hydrogens (tertiary/aromatic N) is 4. The Morgan fingerprint density at radius 2 is 2.11 bits per heavy atom. The van der Waals surface area contributed by atoms with Gasteiger partial charge in [0, 0.05) is 23.7 Å². The quantitative estimate of drug-likeness (QED) is 0.790. The van der Waals surface area contributed by atoms with E-state index in [4.69, 9.17) is 11.6 Å². The number of hydrogen-bond donors (Lipinski definition) is 0. The van der Waals surface area contributed by atoms with E-state index in [0.717, 1.165) is 17.5 Å². The number of hydrogen-bond acceptors (Lipinski definition) is 5.